The van der Waals surface area contributed by atoms with Crippen molar-refractivity contribution in [3.8, 4) is 17.0 Å². The van der Waals surface area contributed by atoms with Crippen LogP contribution in [-0.4, -0.2) is 23.3 Å². The predicted molar refractivity (Wildman–Crippen MR) is 104 cm³/mol. The second kappa shape index (κ2) is 8.35. The normalized spacial score (nSPS) is 10.5. The van der Waals surface area contributed by atoms with E-state index in [0.29, 0.717) is 22.8 Å². The van der Waals surface area contributed by atoms with Crippen molar-refractivity contribution < 1.29 is 13.9 Å². The highest BCUT2D eigenvalue weighted by molar-refractivity contribution is 6.02. The molecule has 1 aromatic heterocycles. The molecule has 0 spiro atoms. The fraction of sp³-hybridized carbons (Fsp3) is 0.200. The molecule has 0 aliphatic heterocycles. The summed E-state index contributed by atoms with van der Waals surface area (Å²) in [5.41, 5.74) is 3.22. The molecular weight excluding hydrogens is 347 g/mol. The first-order valence-electron chi connectivity index (χ1n) is 8.66. The van der Waals surface area contributed by atoms with Crippen molar-refractivity contribution in [1.82, 2.24) is 10.2 Å². The first-order valence-corrected chi connectivity index (χ1v) is 8.66. The van der Waals surface area contributed by atoms with Gasteiger partial charge in [0.05, 0.1) is 18.5 Å². The summed E-state index contributed by atoms with van der Waals surface area (Å²) in [5, 5.41) is 12.8. The summed E-state index contributed by atoms with van der Waals surface area (Å²) in [6.07, 6.45) is 1.62. The molecule has 2 amide bonds. The lowest BCUT2D eigenvalue weighted by molar-refractivity contribution is 0.262. The van der Waals surface area contributed by atoms with E-state index in [9.17, 15) is 9.18 Å². The number of aromatic amines is 1. The standard InChI is InChI=1S/C20H21FN4O2/c1-3-6-17-19(23-20(26)22-15-9-5-8-14(21)12-15)18(25-24-17)13-7-4-10-16(11-13)27-2/h4-5,7-12H,3,6H2,1-2H3,(H,24,25)(H2,22,23,26). The van der Waals surface area contributed by atoms with Crippen molar-refractivity contribution >= 4 is 17.4 Å². The Bertz CT molecular complexity index is 939. The first kappa shape index (κ1) is 18.4. The Morgan fingerprint density at radius 1 is 1.19 bits per heavy atom. The summed E-state index contributed by atoms with van der Waals surface area (Å²) in [6.45, 7) is 2.04. The number of amides is 2. The third-order valence-electron chi connectivity index (χ3n) is 4.01. The maximum Gasteiger partial charge on any atom is 0.323 e. The van der Waals surface area contributed by atoms with E-state index in [4.69, 9.17) is 4.74 Å². The summed E-state index contributed by atoms with van der Waals surface area (Å²) in [4.78, 5) is 12.4. The molecule has 0 saturated heterocycles. The second-order valence-corrected chi connectivity index (χ2v) is 6.00. The zero-order chi connectivity index (χ0) is 19.2. The third-order valence-corrected chi connectivity index (χ3v) is 4.01. The lowest BCUT2D eigenvalue weighted by Crippen LogP contribution is -2.20. The molecule has 0 bridgehead atoms. The van der Waals surface area contributed by atoms with Gasteiger partial charge in [0.15, 0.2) is 0 Å². The molecule has 0 aliphatic carbocycles. The summed E-state index contributed by atoms with van der Waals surface area (Å²) >= 11 is 0. The number of urea groups is 1. The van der Waals surface area contributed by atoms with Crippen molar-refractivity contribution in [3.05, 3.63) is 60.0 Å². The van der Waals surface area contributed by atoms with Crippen molar-refractivity contribution in [2.45, 2.75) is 19.8 Å². The number of nitrogens with zero attached hydrogens (tertiary/aromatic N) is 1. The van der Waals surface area contributed by atoms with Crippen molar-refractivity contribution in [2.24, 2.45) is 0 Å². The summed E-state index contributed by atoms with van der Waals surface area (Å²) < 4.78 is 18.6. The van der Waals surface area contributed by atoms with Crippen LogP contribution in [0.5, 0.6) is 5.75 Å². The number of aromatic nitrogens is 2. The zero-order valence-corrected chi connectivity index (χ0v) is 15.2. The van der Waals surface area contributed by atoms with Crippen molar-refractivity contribution in [1.29, 1.82) is 0 Å². The van der Waals surface area contributed by atoms with Gasteiger partial charge in [-0.2, -0.15) is 5.10 Å². The summed E-state index contributed by atoms with van der Waals surface area (Å²) in [6, 6.07) is 12.7. The number of aryl methyl sites for hydroxylation is 1. The molecule has 7 heteroatoms. The Morgan fingerprint density at radius 2 is 2.00 bits per heavy atom. The van der Waals surface area contributed by atoms with Gasteiger partial charge in [-0.25, -0.2) is 9.18 Å². The Kier molecular flexibility index (Phi) is 5.71. The summed E-state index contributed by atoms with van der Waals surface area (Å²) in [5.74, 6) is 0.280. The minimum Gasteiger partial charge on any atom is -0.497 e. The number of carbonyl (C=O) groups excluding carboxylic acids is 1. The number of ether oxygens (including phenoxy) is 1. The second-order valence-electron chi connectivity index (χ2n) is 6.00. The zero-order valence-electron chi connectivity index (χ0n) is 15.2. The first-order chi connectivity index (χ1) is 13.1. The molecule has 0 unspecified atom stereocenters. The predicted octanol–water partition coefficient (Wildman–Crippen LogP) is 4.82. The summed E-state index contributed by atoms with van der Waals surface area (Å²) in [7, 11) is 1.60. The molecule has 3 N–H and O–H groups in total. The van der Waals surface area contributed by atoms with E-state index in [1.54, 1.807) is 13.2 Å². The molecule has 27 heavy (non-hydrogen) atoms. The number of methoxy groups -OCH3 is 1. The number of nitrogens with one attached hydrogen (secondary N) is 3. The highest BCUT2D eigenvalue weighted by atomic mass is 19.1. The number of benzene rings is 2. The number of rotatable bonds is 6. The quantitative estimate of drug-likeness (QED) is 0.583. The number of H-pyrrole nitrogens is 1. The maximum atomic E-state index is 13.3. The molecule has 3 rings (SSSR count). The van der Waals surface area contributed by atoms with E-state index >= 15 is 0 Å². The van der Waals surface area contributed by atoms with Gasteiger partial charge >= 0.3 is 6.03 Å². The molecule has 2 aromatic carbocycles. The molecule has 0 fully saturated rings. The Balaban J connectivity index is 1.88. The third kappa shape index (κ3) is 4.44. The minimum atomic E-state index is -0.469. The van der Waals surface area contributed by atoms with Crippen molar-refractivity contribution in [3.63, 3.8) is 0 Å². The van der Waals surface area contributed by atoms with Crippen LogP contribution in [0.2, 0.25) is 0 Å². The average molecular weight is 368 g/mol. The van der Waals surface area contributed by atoms with E-state index in [1.807, 2.05) is 31.2 Å². The van der Waals surface area contributed by atoms with Crippen LogP contribution in [0.4, 0.5) is 20.6 Å². The number of halogens is 1. The van der Waals surface area contributed by atoms with E-state index in [1.165, 1.54) is 18.2 Å². The van der Waals surface area contributed by atoms with E-state index < -0.39 is 11.8 Å². The number of hydrogen-bond donors (Lipinski definition) is 3. The molecule has 0 radical (unpaired) electrons. The number of hydrogen-bond acceptors (Lipinski definition) is 3. The average Bonchev–Trinajstić information content (AvgIpc) is 3.04. The van der Waals surface area contributed by atoms with Crippen LogP contribution in [0.15, 0.2) is 48.5 Å². The van der Waals surface area contributed by atoms with Gasteiger partial charge in [0.2, 0.25) is 0 Å². The smallest absolute Gasteiger partial charge is 0.323 e. The molecule has 3 aromatic rings. The van der Waals surface area contributed by atoms with Gasteiger partial charge in [0.1, 0.15) is 17.3 Å². The topological polar surface area (TPSA) is 79.0 Å². The minimum absolute atomic E-state index is 0.371. The van der Waals surface area contributed by atoms with Gasteiger partial charge < -0.3 is 15.4 Å². The fourth-order valence-electron chi connectivity index (χ4n) is 2.77. The van der Waals surface area contributed by atoms with Crippen LogP contribution >= 0.6 is 0 Å². The van der Waals surface area contributed by atoms with E-state index in [2.05, 4.69) is 20.8 Å². The highest BCUT2D eigenvalue weighted by Crippen LogP contribution is 2.31. The largest absolute Gasteiger partial charge is 0.497 e. The maximum absolute atomic E-state index is 13.3. The molecule has 0 atom stereocenters. The molecule has 1 heterocycles. The molecule has 140 valence electrons. The van der Waals surface area contributed by atoms with Gasteiger partial charge in [-0.05, 0) is 36.8 Å². The Morgan fingerprint density at radius 3 is 2.74 bits per heavy atom. The lowest BCUT2D eigenvalue weighted by atomic mass is 10.1. The number of anilines is 2. The van der Waals surface area contributed by atoms with Crippen LogP contribution in [-0.2, 0) is 6.42 Å². The van der Waals surface area contributed by atoms with Gasteiger partial charge in [0.25, 0.3) is 0 Å². The highest BCUT2D eigenvalue weighted by Gasteiger charge is 2.17. The number of carbonyl (C=O) groups is 1. The van der Waals surface area contributed by atoms with Gasteiger partial charge in [-0.1, -0.05) is 31.5 Å². The van der Waals surface area contributed by atoms with Gasteiger partial charge in [-0.15, -0.1) is 0 Å². The van der Waals surface area contributed by atoms with Crippen LogP contribution in [0.3, 0.4) is 0 Å². The van der Waals surface area contributed by atoms with Crippen LogP contribution in [0.1, 0.15) is 19.0 Å². The SMILES string of the molecule is CCCc1[nH]nc(-c2cccc(OC)c2)c1NC(=O)Nc1cccc(F)c1. The molecule has 6 nitrogen and oxygen atoms in total. The Labute approximate surface area is 156 Å². The molecular formula is C20H21FN4O2. The van der Waals surface area contributed by atoms with Gasteiger partial charge in [-0.3, -0.25) is 5.10 Å². The monoisotopic (exact) mass is 368 g/mol. The molecule has 0 saturated carbocycles. The lowest BCUT2D eigenvalue weighted by Gasteiger charge is -2.10. The Hall–Kier alpha value is -3.35. The van der Waals surface area contributed by atoms with Crippen molar-refractivity contribution in [2.75, 3.05) is 17.7 Å². The van der Waals surface area contributed by atoms with Crippen LogP contribution in [0, 0.1) is 5.82 Å². The van der Waals surface area contributed by atoms with E-state index in [0.717, 1.165) is 24.1 Å². The van der Waals surface area contributed by atoms with Gasteiger partial charge in [0, 0.05) is 11.3 Å². The van der Waals surface area contributed by atoms with Crippen LogP contribution in [0.25, 0.3) is 11.3 Å². The van der Waals surface area contributed by atoms with E-state index in [-0.39, 0.29) is 0 Å². The molecule has 0 aliphatic rings. The fourth-order valence-corrected chi connectivity index (χ4v) is 2.77. The van der Waals surface area contributed by atoms with Crippen LogP contribution < -0.4 is 15.4 Å².